The second-order valence-corrected chi connectivity index (χ2v) is 9.68. The number of amides is 1. The number of fused-ring (bicyclic) bond motifs is 2. The van der Waals surface area contributed by atoms with E-state index in [1.54, 1.807) is 17.0 Å². The summed E-state index contributed by atoms with van der Waals surface area (Å²) in [6, 6.07) is 3.07. The number of nitrogens with one attached hydrogen (secondary N) is 2. The van der Waals surface area contributed by atoms with Crippen LogP contribution in [0, 0.1) is 23.2 Å². The lowest BCUT2D eigenvalue weighted by molar-refractivity contribution is -0.132. The molecule has 2 aliphatic carbocycles. The van der Waals surface area contributed by atoms with Crippen LogP contribution in [-0.2, 0) is 4.79 Å². The van der Waals surface area contributed by atoms with Crippen molar-refractivity contribution >= 4 is 45.8 Å². The molecule has 5 atom stereocenters. The largest absolute Gasteiger partial charge is 0.389 e. The molecule has 3 heterocycles. The summed E-state index contributed by atoms with van der Waals surface area (Å²) >= 11 is 7.34. The van der Waals surface area contributed by atoms with Crippen molar-refractivity contribution in [3.05, 3.63) is 33.5 Å². The standard InChI is InChI=1S/C21H21ClN6O3S/c1-3-24-18-14-19(27-13(26-18)7-5-10-4-6-12(22)32-10)28(9-25-14)15-11-8-21(11,20(31)23-2)17(30)16(15)29/h4,6,9,11,15-17,29-30H,3,8H2,1-2H3,(H,23,31)(H,24,26,27)/t11-,15-,16?,17?,21+/m1/s1. The van der Waals surface area contributed by atoms with Gasteiger partial charge in [-0.05, 0) is 37.3 Å². The maximum atomic E-state index is 12.5. The summed E-state index contributed by atoms with van der Waals surface area (Å²) in [5.74, 6) is 6.34. The van der Waals surface area contributed by atoms with E-state index in [9.17, 15) is 15.0 Å². The molecule has 2 unspecified atom stereocenters. The summed E-state index contributed by atoms with van der Waals surface area (Å²) in [7, 11) is 1.53. The van der Waals surface area contributed by atoms with Gasteiger partial charge in [-0.15, -0.1) is 11.3 Å². The zero-order chi connectivity index (χ0) is 22.6. The SMILES string of the molecule is CCNc1nc(C#Cc2ccc(Cl)s2)nc2c1ncn2[C@H]1C(O)C(O)[C@]2(C(=O)NC)C[C@H]12. The number of carbonyl (C=O) groups is 1. The predicted molar refractivity (Wildman–Crippen MR) is 120 cm³/mol. The maximum absolute atomic E-state index is 12.5. The highest BCUT2D eigenvalue weighted by molar-refractivity contribution is 7.16. The predicted octanol–water partition coefficient (Wildman–Crippen LogP) is 1.40. The van der Waals surface area contributed by atoms with Crippen LogP contribution >= 0.6 is 22.9 Å². The number of carbonyl (C=O) groups excluding carboxylic acids is 1. The average molecular weight is 473 g/mol. The van der Waals surface area contributed by atoms with Crippen LogP contribution in [-0.4, -0.2) is 61.4 Å². The molecule has 3 aromatic heterocycles. The van der Waals surface area contributed by atoms with Crippen molar-refractivity contribution in [2.24, 2.45) is 11.3 Å². The number of anilines is 1. The van der Waals surface area contributed by atoms with E-state index in [-0.39, 0.29) is 11.8 Å². The highest BCUT2D eigenvalue weighted by Crippen LogP contribution is 2.67. The van der Waals surface area contributed by atoms with Crippen molar-refractivity contribution in [1.29, 1.82) is 0 Å². The van der Waals surface area contributed by atoms with Crippen LogP contribution < -0.4 is 10.6 Å². The Morgan fingerprint density at radius 1 is 1.38 bits per heavy atom. The zero-order valence-electron chi connectivity index (χ0n) is 17.3. The minimum Gasteiger partial charge on any atom is -0.389 e. The lowest BCUT2D eigenvalue weighted by Crippen LogP contribution is -2.41. The number of aliphatic hydroxyl groups is 2. The molecular formula is C21H21ClN6O3S. The molecule has 9 nitrogen and oxygen atoms in total. The van der Waals surface area contributed by atoms with E-state index >= 15 is 0 Å². The Morgan fingerprint density at radius 2 is 2.19 bits per heavy atom. The molecule has 2 aliphatic rings. The first kappa shape index (κ1) is 21.2. The normalized spacial score (nSPS) is 28.2. The van der Waals surface area contributed by atoms with Gasteiger partial charge in [-0.25, -0.2) is 15.0 Å². The van der Waals surface area contributed by atoms with Gasteiger partial charge in [0.15, 0.2) is 17.0 Å². The van der Waals surface area contributed by atoms with Gasteiger partial charge in [0.25, 0.3) is 0 Å². The second-order valence-electron chi connectivity index (χ2n) is 7.96. The first-order valence-electron chi connectivity index (χ1n) is 10.2. The molecule has 0 spiro atoms. The summed E-state index contributed by atoms with van der Waals surface area (Å²) in [4.78, 5) is 26.8. The van der Waals surface area contributed by atoms with Gasteiger partial charge in [0.05, 0.1) is 33.1 Å². The molecule has 166 valence electrons. The Balaban J connectivity index is 1.59. The molecule has 0 aliphatic heterocycles. The van der Waals surface area contributed by atoms with Crippen molar-refractivity contribution in [3.8, 4) is 11.8 Å². The maximum Gasteiger partial charge on any atom is 0.229 e. The highest BCUT2D eigenvalue weighted by Gasteiger charge is 2.75. The Labute approximate surface area is 192 Å². The number of hydrogen-bond donors (Lipinski definition) is 4. The molecule has 4 N–H and O–H groups in total. The molecule has 2 saturated carbocycles. The molecule has 0 saturated heterocycles. The van der Waals surface area contributed by atoms with Gasteiger partial charge < -0.3 is 25.4 Å². The summed E-state index contributed by atoms with van der Waals surface area (Å²) in [6.07, 6.45) is -0.210. The van der Waals surface area contributed by atoms with Gasteiger partial charge in [0.2, 0.25) is 11.7 Å². The fourth-order valence-corrected chi connectivity index (χ4v) is 5.66. The Morgan fingerprint density at radius 3 is 2.88 bits per heavy atom. The van der Waals surface area contributed by atoms with E-state index in [1.807, 2.05) is 13.0 Å². The Bertz CT molecular complexity index is 1280. The number of thiophene rings is 1. The highest BCUT2D eigenvalue weighted by atomic mass is 35.5. The van der Waals surface area contributed by atoms with E-state index < -0.39 is 23.7 Å². The Hall–Kier alpha value is -2.71. The van der Waals surface area contributed by atoms with Crippen LogP contribution in [0.4, 0.5) is 5.82 Å². The number of rotatable bonds is 4. The molecule has 2 fully saturated rings. The van der Waals surface area contributed by atoms with Crippen LogP contribution in [0.3, 0.4) is 0 Å². The molecule has 3 aromatic rings. The van der Waals surface area contributed by atoms with Crippen LogP contribution in [0.15, 0.2) is 18.5 Å². The summed E-state index contributed by atoms with van der Waals surface area (Å²) in [5.41, 5.74) is 0.0465. The van der Waals surface area contributed by atoms with Gasteiger partial charge in [0.1, 0.15) is 6.10 Å². The fraction of sp³-hybridized carbons (Fsp3) is 0.429. The molecule has 5 rings (SSSR count). The molecular weight excluding hydrogens is 452 g/mol. The van der Waals surface area contributed by atoms with Crippen molar-refractivity contribution in [2.75, 3.05) is 18.9 Å². The van der Waals surface area contributed by atoms with E-state index in [4.69, 9.17) is 11.6 Å². The van der Waals surface area contributed by atoms with Gasteiger partial charge in [-0.2, -0.15) is 0 Å². The minimum absolute atomic E-state index is 0.217. The first-order chi connectivity index (χ1) is 15.4. The summed E-state index contributed by atoms with van der Waals surface area (Å²) in [5, 5.41) is 27.3. The molecule has 1 amide bonds. The van der Waals surface area contributed by atoms with Crippen molar-refractivity contribution < 1.29 is 15.0 Å². The van der Waals surface area contributed by atoms with Crippen LogP contribution in [0.1, 0.15) is 30.1 Å². The second kappa shape index (κ2) is 7.71. The number of nitrogens with zero attached hydrogens (tertiary/aromatic N) is 4. The summed E-state index contributed by atoms with van der Waals surface area (Å²) in [6.45, 7) is 2.57. The molecule has 0 radical (unpaired) electrons. The van der Waals surface area contributed by atoms with Crippen molar-refractivity contribution in [2.45, 2.75) is 31.6 Å². The zero-order valence-corrected chi connectivity index (χ0v) is 18.9. The van der Waals surface area contributed by atoms with E-state index in [0.717, 1.165) is 4.88 Å². The van der Waals surface area contributed by atoms with Crippen molar-refractivity contribution in [3.63, 3.8) is 0 Å². The van der Waals surface area contributed by atoms with Gasteiger partial charge >= 0.3 is 0 Å². The third kappa shape index (κ3) is 3.08. The van der Waals surface area contributed by atoms with E-state index in [1.165, 1.54) is 18.4 Å². The number of imidazole rings is 1. The molecule has 11 heteroatoms. The number of hydrogen-bond acceptors (Lipinski definition) is 8. The lowest BCUT2D eigenvalue weighted by Gasteiger charge is -2.23. The number of aromatic nitrogens is 4. The average Bonchev–Trinajstić information content (AvgIpc) is 3.03. The fourth-order valence-electron chi connectivity index (χ4n) is 4.77. The van der Waals surface area contributed by atoms with E-state index in [2.05, 4.69) is 37.4 Å². The smallest absolute Gasteiger partial charge is 0.229 e. The molecule has 0 bridgehead atoms. The van der Waals surface area contributed by atoms with E-state index in [0.29, 0.717) is 40.1 Å². The lowest BCUT2D eigenvalue weighted by atomic mass is 9.98. The topological polar surface area (TPSA) is 125 Å². The quantitative estimate of drug-likeness (QED) is 0.423. The molecule has 32 heavy (non-hydrogen) atoms. The van der Waals surface area contributed by atoms with Crippen LogP contribution in [0.5, 0.6) is 0 Å². The Kier molecular flexibility index (Phi) is 5.09. The third-order valence-corrected chi connectivity index (χ3v) is 7.43. The monoisotopic (exact) mass is 472 g/mol. The molecule has 0 aromatic carbocycles. The van der Waals surface area contributed by atoms with Gasteiger partial charge in [-0.1, -0.05) is 11.6 Å². The van der Waals surface area contributed by atoms with Crippen molar-refractivity contribution in [1.82, 2.24) is 24.8 Å². The first-order valence-corrected chi connectivity index (χ1v) is 11.4. The third-order valence-electron chi connectivity index (χ3n) is 6.28. The summed E-state index contributed by atoms with van der Waals surface area (Å²) < 4.78 is 2.39. The van der Waals surface area contributed by atoms with Crippen LogP contribution in [0.25, 0.3) is 11.2 Å². The minimum atomic E-state index is -1.16. The van der Waals surface area contributed by atoms with Gasteiger partial charge in [-0.3, -0.25) is 4.79 Å². The van der Waals surface area contributed by atoms with Crippen LogP contribution in [0.2, 0.25) is 4.34 Å². The number of halogens is 1. The van der Waals surface area contributed by atoms with Gasteiger partial charge in [0, 0.05) is 19.5 Å². The number of aliphatic hydroxyl groups excluding tert-OH is 2.